The summed E-state index contributed by atoms with van der Waals surface area (Å²) in [5.41, 5.74) is 3.01. The molecule has 1 aliphatic rings. The number of rotatable bonds is 2. The van der Waals surface area contributed by atoms with Gasteiger partial charge in [0.05, 0.1) is 15.9 Å². The van der Waals surface area contributed by atoms with Crippen LogP contribution in [0.15, 0.2) is 41.2 Å². The summed E-state index contributed by atoms with van der Waals surface area (Å²) in [5.74, 6) is 0.657. The number of benzene rings is 2. The number of nitrogens with zero attached hydrogens (tertiary/aromatic N) is 3. The van der Waals surface area contributed by atoms with Crippen molar-refractivity contribution >= 4 is 80.1 Å². The zero-order chi connectivity index (χ0) is 19.3. The zero-order valence-electron chi connectivity index (χ0n) is 15.6. The first-order chi connectivity index (χ1) is 12.8. The van der Waals surface area contributed by atoms with E-state index < -0.39 is 0 Å². The van der Waals surface area contributed by atoms with Crippen LogP contribution in [0.2, 0.25) is 5.02 Å². The van der Waals surface area contributed by atoms with Crippen molar-refractivity contribution in [3.63, 3.8) is 0 Å². The van der Waals surface area contributed by atoms with Gasteiger partial charge in [-0.15, -0.1) is 0 Å². The minimum absolute atomic E-state index is 0.245. The lowest BCUT2D eigenvalue weighted by atomic mass is 9.49. The fraction of sp³-hybridized carbons (Fsp3) is 0.222. The molecule has 0 N–H and O–H groups in total. The van der Waals surface area contributed by atoms with Crippen molar-refractivity contribution in [2.75, 3.05) is 11.4 Å². The van der Waals surface area contributed by atoms with Gasteiger partial charge in [0.15, 0.2) is 0 Å². The molecule has 9 heteroatoms. The highest BCUT2D eigenvalue weighted by molar-refractivity contribution is 14.1. The van der Waals surface area contributed by atoms with Crippen molar-refractivity contribution in [1.29, 1.82) is 0 Å². The molecular weight excluding hydrogens is 469 g/mol. The van der Waals surface area contributed by atoms with Gasteiger partial charge in [-0.25, -0.2) is 4.79 Å². The summed E-state index contributed by atoms with van der Waals surface area (Å²) < 4.78 is 2.98. The molecule has 1 aliphatic heterocycles. The molecule has 0 atom stereocenters. The fourth-order valence-corrected chi connectivity index (χ4v) is 4.87. The second-order valence-electron chi connectivity index (χ2n) is 7.85. The van der Waals surface area contributed by atoms with Gasteiger partial charge in [-0.3, -0.25) is 0 Å². The molecule has 4 rings (SSSR count). The van der Waals surface area contributed by atoms with E-state index in [1.165, 1.54) is 9.13 Å². The van der Waals surface area contributed by atoms with E-state index in [4.69, 9.17) is 11.6 Å². The van der Waals surface area contributed by atoms with Crippen LogP contribution in [0.5, 0.6) is 0 Å². The maximum absolute atomic E-state index is 13.0. The largest absolute Gasteiger partial charge is 0.348 e. The average Bonchev–Trinajstić information content (AvgIpc) is 2.60. The standard InChI is InChI=1S/C18H18B3ClIN3O/c19-18(20,21)26-14-8-1-5-11(22)15(14)16(24-17(26)27)25-9-3-4-10-12(23)6-2-7-13(10)25/h1-2,5-8H,3-4,9,19-21H2. The Morgan fingerprint density at radius 1 is 1.15 bits per heavy atom. The number of halogens is 2. The smallest absolute Gasteiger partial charge is 0.325 e. The lowest BCUT2D eigenvalue weighted by Gasteiger charge is -2.33. The topological polar surface area (TPSA) is 38.1 Å². The SMILES string of the molecule is BC(B)(B)n1c(=O)nc(N2CCCc3c(I)cccc32)c2c(Cl)cccc21. The first-order valence-electron chi connectivity index (χ1n) is 9.06. The molecule has 134 valence electrons. The molecular formula is C18H18B3ClIN3O. The number of anilines is 2. The molecule has 0 unspecified atom stereocenters. The Labute approximate surface area is 179 Å². The minimum Gasteiger partial charge on any atom is -0.325 e. The molecule has 27 heavy (non-hydrogen) atoms. The number of aromatic nitrogens is 2. The second kappa shape index (κ2) is 6.89. The normalized spacial score (nSPS) is 14.4. The number of hydrogen-bond acceptors (Lipinski definition) is 3. The van der Waals surface area contributed by atoms with E-state index >= 15 is 0 Å². The molecule has 0 fully saturated rings. The molecule has 2 aromatic carbocycles. The Bertz CT molecular complexity index is 1110. The zero-order valence-corrected chi connectivity index (χ0v) is 18.5. The van der Waals surface area contributed by atoms with E-state index in [9.17, 15) is 4.79 Å². The van der Waals surface area contributed by atoms with E-state index in [0.717, 1.165) is 36.0 Å². The molecule has 0 saturated carbocycles. The van der Waals surface area contributed by atoms with Gasteiger partial charge < -0.3 is 9.47 Å². The van der Waals surface area contributed by atoms with Crippen LogP contribution >= 0.6 is 34.2 Å². The van der Waals surface area contributed by atoms with Gasteiger partial charge in [0.25, 0.3) is 0 Å². The average molecular weight is 487 g/mol. The first-order valence-corrected chi connectivity index (χ1v) is 10.5. The van der Waals surface area contributed by atoms with Gasteiger partial charge in [-0.2, -0.15) is 4.98 Å². The second-order valence-corrected chi connectivity index (χ2v) is 9.42. The highest BCUT2D eigenvalue weighted by Crippen LogP contribution is 2.39. The van der Waals surface area contributed by atoms with Gasteiger partial charge in [-0.1, -0.05) is 23.7 Å². The Kier molecular flexibility index (Phi) is 4.83. The molecule has 4 nitrogen and oxygen atoms in total. The third kappa shape index (κ3) is 3.20. The van der Waals surface area contributed by atoms with E-state index in [-0.39, 0.29) is 10.9 Å². The minimum atomic E-state index is -0.388. The Morgan fingerprint density at radius 2 is 1.89 bits per heavy atom. The van der Waals surface area contributed by atoms with Crippen LogP contribution in [-0.2, 0) is 11.7 Å². The van der Waals surface area contributed by atoms with Gasteiger partial charge in [-0.05, 0) is 70.5 Å². The van der Waals surface area contributed by atoms with Crippen molar-refractivity contribution in [2.45, 2.75) is 18.1 Å². The van der Waals surface area contributed by atoms with E-state index in [2.05, 4.69) is 50.7 Å². The monoisotopic (exact) mass is 487 g/mol. The van der Waals surface area contributed by atoms with Crippen molar-refractivity contribution < 1.29 is 0 Å². The van der Waals surface area contributed by atoms with Gasteiger partial charge in [0.1, 0.15) is 29.4 Å². The quantitative estimate of drug-likeness (QED) is 0.403. The van der Waals surface area contributed by atoms with Crippen LogP contribution in [0.25, 0.3) is 10.9 Å². The molecule has 0 spiro atoms. The summed E-state index contributed by atoms with van der Waals surface area (Å²) in [6.45, 7) is 0.819. The van der Waals surface area contributed by atoms with E-state index in [1.54, 1.807) is 4.57 Å². The highest BCUT2D eigenvalue weighted by Gasteiger charge is 2.27. The molecule has 1 aromatic heterocycles. The third-order valence-corrected chi connectivity index (χ3v) is 6.29. The molecule has 3 aromatic rings. The summed E-state index contributed by atoms with van der Waals surface area (Å²) in [7, 11) is 6.03. The van der Waals surface area contributed by atoms with Crippen LogP contribution in [0, 0.1) is 3.57 Å². The predicted molar refractivity (Wildman–Crippen MR) is 129 cm³/mol. The summed E-state index contributed by atoms with van der Waals surface area (Å²) in [6, 6.07) is 12.0. The predicted octanol–water partition coefficient (Wildman–Crippen LogP) is 1.21. The molecule has 0 radical (unpaired) electrons. The fourth-order valence-electron chi connectivity index (χ4n) is 3.87. The molecule has 0 amide bonds. The number of hydrogen-bond donors (Lipinski definition) is 0. The molecule has 0 bridgehead atoms. The Morgan fingerprint density at radius 3 is 2.63 bits per heavy atom. The molecule has 0 saturated heterocycles. The Balaban J connectivity index is 2.06. The van der Waals surface area contributed by atoms with Crippen molar-refractivity contribution in [3.05, 3.63) is 61.0 Å². The van der Waals surface area contributed by atoms with Crippen LogP contribution in [-0.4, -0.2) is 39.6 Å². The lowest BCUT2D eigenvalue weighted by molar-refractivity contribution is 0.727. The lowest BCUT2D eigenvalue weighted by Crippen LogP contribution is -2.44. The molecule has 0 aliphatic carbocycles. The molecule has 2 heterocycles. The third-order valence-electron chi connectivity index (χ3n) is 4.97. The first kappa shape index (κ1) is 18.9. The maximum atomic E-state index is 13.0. The van der Waals surface area contributed by atoms with Crippen molar-refractivity contribution in [1.82, 2.24) is 9.55 Å². The van der Waals surface area contributed by atoms with Crippen molar-refractivity contribution in [3.8, 4) is 0 Å². The summed E-state index contributed by atoms with van der Waals surface area (Å²) in [4.78, 5) is 19.7. The Hall–Kier alpha value is -1.41. The van der Waals surface area contributed by atoms with Gasteiger partial charge in [0, 0.05) is 15.8 Å². The van der Waals surface area contributed by atoms with Crippen LogP contribution < -0.4 is 10.6 Å². The maximum Gasteiger partial charge on any atom is 0.348 e. The van der Waals surface area contributed by atoms with E-state index in [0.29, 0.717) is 10.8 Å². The van der Waals surface area contributed by atoms with Crippen LogP contribution in [0.1, 0.15) is 12.0 Å². The summed E-state index contributed by atoms with van der Waals surface area (Å²) in [5, 5.41) is 1.06. The van der Waals surface area contributed by atoms with Crippen molar-refractivity contribution in [2.24, 2.45) is 0 Å². The number of fused-ring (bicyclic) bond motifs is 2. The van der Waals surface area contributed by atoms with Crippen LogP contribution in [0.3, 0.4) is 0 Å². The highest BCUT2D eigenvalue weighted by atomic mass is 127. The summed E-state index contributed by atoms with van der Waals surface area (Å²) in [6.07, 6.45) is 2.05. The van der Waals surface area contributed by atoms with Gasteiger partial charge in [0.2, 0.25) is 0 Å². The van der Waals surface area contributed by atoms with Gasteiger partial charge >= 0.3 is 5.69 Å². The summed E-state index contributed by atoms with van der Waals surface area (Å²) >= 11 is 9.01. The van der Waals surface area contributed by atoms with E-state index in [1.807, 2.05) is 41.7 Å². The van der Waals surface area contributed by atoms with Crippen LogP contribution in [0.4, 0.5) is 11.5 Å².